The zero-order chi connectivity index (χ0) is 28.4. The minimum Gasteiger partial charge on any atom is -0.853 e. The fraction of sp³-hybridized carbons (Fsp3) is 0.607. The van der Waals surface area contributed by atoms with Crippen LogP contribution in [-0.4, -0.2) is 59.5 Å². The second kappa shape index (κ2) is 22.2. The van der Waals surface area contributed by atoms with Crippen molar-refractivity contribution in [2.45, 2.75) is 85.4 Å². The van der Waals surface area contributed by atoms with Crippen molar-refractivity contribution in [2.24, 2.45) is 16.9 Å². The van der Waals surface area contributed by atoms with Gasteiger partial charge >= 0.3 is 51.4 Å². The first-order chi connectivity index (χ1) is 17.4. The first-order valence-corrected chi connectivity index (χ1v) is 13.6. The Morgan fingerprint density at radius 3 is 2.16 bits per heavy atom. The molecule has 0 spiro atoms. The topological polar surface area (TPSA) is 146 Å². The zero-order valence-corrected chi connectivity index (χ0v) is 28.3. The van der Waals surface area contributed by atoms with Gasteiger partial charge in [0.25, 0.3) is 0 Å². The van der Waals surface area contributed by atoms with Crippen LogP contribution in [0.25, 0.3) is 10.4 Å². The number of aromatic nitrogens is 1. The number of benzene rings is 1. The van der Waals surface area contributed by atoms with E-state index in [2.05, 4.69) is 29.2 Å². The molecule has 210 valence electrons. The van der Waals surface area contributed by atoms with Gasteiger partial charge in [-0.15, -0.1) is 17.9 Å². The number of aliphatic hydroxyl groups is 1. The molecule has 5 N–H and O–H groups in total. The molecule has 1 saturated heterocycles. The van der Waals surface area contributed by atoms with Crippen LogP contribution >= 0.6 is 11.3 Å². The van der Waals surface area contributed by atoms with Gasteiger partial charge < -0.3 is 31.4 Å². The van der Waals surface area contributed by atoms with Gasteiger partial charge in [-0.2, -0.15) is 0 Å². The molecule has 1 unspecified atom stereocenters. The predicted molar refractivity (Wildman–Crippen MR) is 151 cm³/mol. The molecule has 0 radical (unpaired) electrons. The van der Waals surface area contributed by atoms with E-state index in [-0.39, 0.29) is 81.5 Å². The van der Waals surface area contributed by atoms with Gasteiger partial charge in [0.1, 0.15) is 6.29 Å². The Kier molecular flexibility index (Phi) is 23.1. The molecule has 3 rings (SSSR count). The van der Waals surface area contributed by atoms with Gasteiger partial charge in [0.15, 0.2) is 0 Å². The Morgan fingerprint density at radius 2 is 1.89 bits per heavy atom. The molecule has 2 atom stereocenters. The van der Waals surface area contributed by atoms with Crippen molar-refractivity contribution >= 4 is 23.5 Å². The van der Waals surface area contributed by atoms with Crippen LogP contribution in [0.1, 0.15) is 71.1 Å². The molecule has 8 nitrogen and oxygen atoms in total. The Hall–Kier alpha value is -0.534. The van der Waals surface area contributed by atoms with Crippen LogP contribution in [0.15, 0.2) is 29.8 Å². The van der Waals surface area contributed by atoms with Gasteiger partial charge in [0.2, 0.25) is 5.91 Å². The molecule has 1 aromatic heterocycles. The summed E-state index contributed by atoms with van der Waals surface area (Å²) in [5, 5.41) is 19.4. The number of likely N-dealkylation sites (tertiary alicyclic amines) is 1. The van der Waals surface area contributed by atoms with Crippen LogP contribution in [0.3, 0.4) is 0 Å². The minimum atomic E-state index is -0.269. The number of nitrogens with two attached hydrogens (primary N) is 2. The smallest absolute Gasteiger partial charge is 0.853 e. The summed E-state index contributed by atoms with van der Waals surface area (Å²) in [6, 6.07) is 8.40. The Labute approximate surface area is 276 Å². The van der Waals surface area contributed by atoms with Crippen molar-refractivity contribution in [1.29, 1.82) is 0 Å². The van der Waals surface area contributed by atoms with Crippen molar-refractivity contribution < 1.29 is 71.2 Å². The summed E-state index contributed by atoms with van der Waals surface area (Å²) in [6.45, 7) is 11.4. The van der Waals surface area contributed by atoms with Crippen LogP contribution in [0.5, 0.6) is 0 Å². The normalized spacial score (nSPS) is 16.4. The number of likely N-dealkylation sites (N-methyl/N-ethyl adjacent to an activating group) is 1. The Balaban J connectivity index is 0. The number of carbonyl (C=O) groups is 2. The van der Waals surface area contributed by atoms with Gasteiger partial charge in [-0.05, 0) is 49.4 Å². The molecule has 38 heavy (non-hydrogen) atoms. The third-order valence-corrected chi connectivity index (χ3v) is 6.51. The number of aryl methyl sites for hydroxylation is 1. The maximum absolute atomic E-state index is 10.3. The summed E-state index contributed by atoms with van der Waals surface area (Å²) in [6.07, 6.45) is 4.51. The van der Waals surface area contributed by atoms with Gasteiger partial charge in [-0.3, -0.25) is 4.79 Å². The van der Waals surface area contributed by atoms with Crippen molar-refractivity contribution in [2.75, 3.05) is 20.2 Å². The SMILES string of the molecule is CC(C)(C)CC=O.CCCCC(N)=O.CN1CC(O)C[C@H]1C[O-].Cc1ncsc1-c1ccc(CN)cc1.[K+]. The number of amides is 1. The summed E-state index contributed by atoms with van der Waals surface area (Å²) in [4.78, 5) is 27.2. The van der Waals surface area contributed by atoms with Crippen LogP contribution in [0, 0.1) is 12.3 Å². The quantitative estimate of drug-likeness (QED) is 0.318. The maximum atomic E-state index is 10.3. The van der Waals surface area contributed by atoms with E-state index in [4.69, 9.17) is 16.6 Å². The molecule has 1 aliphatic rings. The molecule has 1 aromatic carbocycles. The van der Waals surface area contributed by atoms with Crippen LogP contribution in [0.2, 0.25) is 0 Å². The van der Waals surface area contributed by atoms with Crippen LogP contribution in [0.4, 0.5) is 0 Å². The zero-order valence-electron chi connectivity index (χ0n) is 24.4. The number of hydrogen-bond donors (Lipinski definition) is 3. The van der Waals surface area contributed by atoms with E-state index in [1.807, 2.05) is 52.1 Å². The minimum absolute atomic E-state index is 0. The summed E-state index contributed by atoms with van der Waals surface area (Å²) < 4.78 is 0. The van der Waals surface area contributed by atoms with E-state index in [0.717, 1.165) is 30.4 Å². The fourth-order valence-electron chi connectivity index (χ4n) is 3.22. The van der Waals surface area contributed by atoms with Crippen molar-refractivity contribution in [3.05, 3.63) is 41.0 Å². The van der Waals surface area contributed by atoms with E-state index in [0.29, 0.717) is 32.4 Å². The van der Waals surface area contributed by atoms with Gasteiger partial charge in [-0.25, -0.2) is 4.98 Å². The average Bonchev–Trinajstić information content (AvgIpc) is 3.41. The molecule has 1 aliphatic heterocycles. The first kappa shape index (κ1) is 39.6. The summed E-state index contributed by atoms with van der Waals surface area (Å²) in [7, 11) is 1.87. The largest absolute Gasteiger partial charge is 1.00 e. The standard InChI is InChI=1S/C11H12N2S.C6H12NO2.C6H12O.C5H11NO.K/c1-8-11(14-7-13-8)10-4-2-9(6-12)3-5-10;1-7-3-6(9)2-5(7)4-8;1-6(2,3)4-5-7;1-2-3-4-5(6)7;/h2-5,7H,6,12H2,1H3;5-6,9H,2-4H2,1H3;5H,4H2,1-3H3;2-4H2,1H3,(H2,6,7);/q;-1;;;+1/t;5-,6?;;;/m.0.../s1. The second-order valence-electron chi connectivity index (χ2n) is 10.3. The number of nitrogens with zero attached hydrogens (tertiary/aromatic N) is 2. The Morgan fingerprint density at radius 1 is 1.29 bits per heavy atom. The van der Waals surface area contributed by atoms with Crippen molar-refractivity contribution in [3.63, 3.8) is 0 Å². The Bertz CT molecular complexity index is 888. The first-order valence-electron chi connectivity index (χ1n) is 12.8. The molecule has 10 heteroatoms. The third-order valence-electron chi connectivity index (χ3n) is 5.53. The fourth-order valence-corrected chi connectivity index (χ4v) is 4.03. The second-order valence-corrected chi connectivity index (χ2v) is 11.2. The van der Waals surface area contributed by atoms with E-state index in [1.165, 1.54) is 10.4 Å². The molecular weight excluding hydrogens is 527 g/mol. The molecule has 0 bridgehead atoms. The number of primary amides is 1. The molecule has 0 saturated carbocycles. The number of rotatable bonds is 7. The number of thiazole rings is 1. The van der Waals surface area contributed by atoms with Crippen molar-refractivity contribution in [3.8, 4) is 10.4 Å². The third kappa shape index (κ3) is 18.7. The average molecular weight is 575 g/mol. The molecule has 0 aliphatic carbocycles. The molecule has 1 fully saturated rings. The number of hydrogen-bond acceptors (Lipinski definition) is 8. The van der Waals surface area contributed by atoms with Crippen molar-refractivity contribution in [1.82, 2.24) is 9.88 Å². The maximum Gasteiger partial charge on any atom is 1.00 e. The number of β-amino-alcohol motifs (C(OH)–C–C–N with tert-alkyl or cyclic N) is 1. The number of aliphatic hydroxyl groups excluding tert-OH is 1. The molecule has 1 amide bonds. The molecule has 2 heterocycles. The molecule has 2 aromatic rings. The van der Waals surface area contributed by atoms with Gasteiger partial charge in [0.05, 0.1) is 22.2 Å². The van der Waals surface area contributed by atoms with E-state index in [9.17, 15) is 14.7 Å². The van der Waals surface area contributed by atoms with Crippen LogP contribution in [-0.2, 0) is 16.1 Å². The number of unbranched alkanes of at least 4 members (excludes halogenated alkanes) is 1. The van der Waals surface area contributed by atoms with Gasteiger partial charge in [0, 0.05) is 25.9 Å². The molecular formula is C28H47KN4O4S. The summed E-state index contributed by atoms with van der Waals surface area (Å²) in [5.74, 6) is -0.193. The van der Waals surface area contributed by atoms with Gasteiger partial charge in [-0.1, -0.05) is 58.4 Å². The summed E-state index contributed by atoms with van der Waals surface area (Å²) >= 11 is 1.67. The number of carbonyl (C=O) groups excluding carboxylic acids is 2. The van der Waals surface area contributed by atoms with E-state index < -0.39 is 0 Å². The van der Waals surface area contributed by atoms with Crippen LogP contribution < -0.4 is 68.0 Å². The summed E-state index contributed by atoms with van der Waals surface area (Å²) in [5.41, 5.74) is 15.9. The predicted octanol–water partition coefficient (Wildman–Crippen LogP) is 0.276. The van der Waals surface area contributed by atoms with E-state index >= 15 is 0 Å². The van der Waals surface area contributed by atoms with E-state index in [1.54, 1.807) is 11.3 Å². The monoisotopic (exact) mass is 574 g/mol. The number of aldehydes is 1.